The van der Waals surface area contributed by atoms with E-state index in [1.54, 1.807) is 12.4 Å². The largest absolute Gasteiger partial charge is 0.491 e. The van der Waals surface area contributed by atoms with Gasteiger partial charge in [0.2, 0.25) is 0 Å². The molecule has 4 heterocycles. The van der Waals surface area contributed by atoms with E-state index in [0.717, 1.165) is 16.8 Å². The summed E-state index contributed by atoms with van der Waals surface area (Å²) in [4.78, 5) is 22.4. The molecular weight excluding hydrogens is 364 g/mol. The molecule has 1 amide bonds. The smallest absolute Gasteiger partial charge is 0.272 e. The fraction of sp³-hybridized carbons (Fsp3) is 0.174. The standard InChI is InChI=1S/C23H20N4O2/c1-16-7-9-17(10-8-16)23(11-14-29-19-5-4-12-24-21(19)23)26-22(28)18-15-27-13-3-2-6-20(27)25-18/h2-10,12-13,15H,11,14H2,1H3,(H,26,28)/t23-/m0/s1. The van der Waals surface area contributed by atoms with Crippen molar-refractivity contribution in [3.05, 3.63) is 95.7 Å². The summed E-state index contributed by atoms with van der Waals surface area (Å²) in [6, 6.07) is 17.6. The first-order chi connectivity index (χ1) is 14.2. The van der Waals surface area contributed by atoms with Gasteiger partial charge in [-0.25, -0.2) is 4.98 Å². The molecule has 0 radical (unpaired) electrons. The molecule has 0 saturated carbocycles. The summed E-state index contributed by atoms with van der Waals surface area (Å²) in [7, 11) is 0. The molecule has 0 unspecified atom stereocenters. The van der Waals surface area contributed by atoms with E-state index in [1.165, 1.54) is 0 Å². The summed E-state index contributed by atoms with van der Waals surface area (Å²) >= 11 is 0. The summed E-state index contributed by atoms with van der Waals surface area (Å²) in [6.45, 7) is 2.53. The molecule has 6 nitrogen and oxygen atoms in total. The van der Waals surface area contributed by atoms with Gasteiger partial charge in [-0.2, -0.15) is 0 Å². The molecule has 29 heavy (non-hydrogen) atoms. The van der Waals surface area contributed by atoms with Crippen LogP contribution in [0.15, 0.2) is 73.2 Å². The van der Waals surface area contributed by atoms with Gasteiger partial charge in [-0.3, -0.25) is 9.78 Å². The summed E-state index contributed by atoms with van der Waals surface area (Å²) in [6.07, 6.45) is 5.93. The Bertz CT molecular complexity index is 1170. The Morgan fingerprint density at radius 1 is 1.14 bits per heavy atom. The Kier molecular flexibility index (Phi) is 4.05. The Morgan fingerprint density at radius 2 is 2.00 bits per heavy atom. The number of pyridine rings is 2. The van der Waals surface area contributed by atoms with Gasteiger partial charge in [-0.1, -0.05) is 35.9 Å². The maximum atomic E-state index is 13.3. The summed E-state index contributed by atoms with van der Waals surface area (Å²) in [5.41, 5.74) is 3.16. The number of amides is 1. The third-order valence-corrected chi connectivity index (χ3v) is 5.38. The van der Waals surface area contributed by atoms with Gasteiger partial charge in [0.15, 0.2) is 0 Å². The molecule has 3 aromatic heterocycles. The number of nitrogens with one attached hydrogen (secondary N) is 1. The van der Waals surface area contributed by atoms with E-state index in [-0.39, 0.29) is 5.91 Å². The molecule has 1 aliphatic heterocycles. The van der Waals surface area contributed by atoms with Crippen LogP contribution in [0.25, 0.3) is 5.65 Å². The van der Waals surface area contributed by atoms with Crippen LogP contribution in [0, 0.1) is 6.92 Å². The normalized spacial score (nSPS) is 18.1. The van der Waals surface area contributed by atoms with E-state index in [2.05, 4.69) is 15.3 Å². The number of rotatable bonds is 3. The van der Waals surface area contributed by atoms with Crippen molar-refractivity contribution in [1.82, 2.24) is 19.7 Å². The fourth-order valence-electron chi connectivity index (χ4n) is 3.87. The van der Waals surface area contributed by atoms with Crippen molar-refractivity contribution in [1.29, 1.82) is 0 Å². The first kappa shape index (κ1) is 17.4. The molecule has 0 aliphatic carbocycles. The van der Waals surface area contributed by atoms with E-state index >= 15 is 0 Å². The number of ether oxygens (including phenoxy) is 1. The van der Waals surface area contributed by atoms with Crippen LogP contribution >= 0.6 is 0 Å². The van der Waals surface area contributed by atoms with Gasteiger partial charge in [0, 0.05) is 25.0 Å². The van der Waals surface area contributed by atoms with Crippen LogP contribution in [0.5, 0.6) is 5.75 Å². The topological polar surface area (TPSA) is 68.5 Å². The fourth-order valence-corrected chi connectivity index (χ4v) is 3.87. The average Bonchev–Trinajstić information content (AvgIpc) is 3.19. The Hall–Kier alpha value is -3.67. The molecule has 0 bridgehead atoms. The second kappa shape index (κ2) is 6.74. The lowest BCUT2D eigenvalue weighted by atomic mass is 9.81. The first-order valence-corrected chi connectivity index (χ1v) is 9.57. The number of imidazole rings is 1. The highest BCUT2D eigenvalue weighted by Gasteiger charge is 2.42. The first-order valence-electron chi connectivity index (χ1n) is 9.57. The quantitative estimate of drug-likeness (QED) is 0.587. The van der Waals surface area contributed by atoms with Crippen LogP contribution in [0.3, 0.4) is 0 Å². The van der Waals surface area contributed by atoms with Crippen LogP contribution in [0.4, 0.5) is 0 Å². The van der Waals surface area contributed by atoms with Crippen LogP contribution in [-0.2, 0) is 5.54 Å². The predicted octanol–water partition coefficient (Wildman–Crippen LogP) is 3.49. The van der Waals surface area contributed by atoms with Crippen LogP contribution in [-0.4, -0.2) is 26.9 Å². The third kappa shape index (κ3) is 2.93. The van der Waals surface area contributed by atoms with Gasteiger partial charge in [0.1, 0.15) is 28.3 Å². The molecule has 5 rings (SSSR count). The van der Waals surface area contributed by atoms with Gasteiger partial charge in [-0.05, 0) is 36.8 Å². The minimum atomic E-state index is -0.782. The molecule has 1 aliphatic rings. The van der Waals surface area contributed by atoms with E-state index in [9.17, 15) is 4.79 Å². The molecule has 0 spiro atoms. The van der Waals surface area contributed by atoms with Gasteiger partial charge in [0.05, 0.1) is 6.61 Å². The summed E-state index contributed by atoms with van der Waals surface area (Å²) in [5.74, 6) is 0.447. The van der Waals surface area contributed by atoms with Gasteiger partial charge in [-0.15, -0.1) is 0 Å². The highest BCUT2D eigenvalue weighted by molar-refractivity contribution is 5.94. The molecule has 4 aromatic rings. The minimum absolute atomic E-state index is 0.243. The minimum Gasteiger partial charge on any atom is -0.491 e. The number of carbonyl (C=O) groups excluding carboxylic acids is 1. The van der Waals surface area contributed by atoms with Crippen molar-refractivity contribution in [3.63, 3.8) is 0 Å². The molecule has 0 saturated heterocycles. The van der Waals surface area contributed by atoms with Crippen molar-refractivity contribution >= 4 is 11.6 Å². The van der Waals surface area contributed by atoms with Gasteiger partial charge < -0.3 is 14.5 Å². The van der Waals surface area contributed by atoms with Crippen molar-refractivity contribution in [2.45, 2.75) is 18.9 Å². The maximum absolute atomic E-state index is 13.3. The zero-order valence-electron chi connectivity index (χ0n) is 16.0. The van der Waals surface area contributed by atoms with E-state index in [0.29, 0.717) is 30.2 Å². The van der Waals surface area contributed by atoms with E-state index in [4.69, 9.17) is 4.74 Å². The number of aromatic nitrogens is 3. The third-order valence-electron chi connectivity index (χ3n) is 5.38. The summed E-state index contributed by atoms with van der Waals surface area (Å²) < 4.78 is 7.66. The number of nitrogens with zero attached hydrogens (tertiary/aromatic N) is 3. The van der Waals surface area contributed by atoms with Crippen LogP contribution in [0.2, 0.25) is 0 Å². The zero-order chi connectivity index (χ0) is 19.8. The van der Waals surface area contributed by atoms with Crippen molar-refractivity contribution in [2.75, 3.05) is 6.61 Å². The van der Waals surface area contributed by atoms with Crippen molar-refractivity contribution in [2.24, 2.45) is 0 Å². The molecule has 1 N–H and O–H groups in total. The lowest BCUT2D eigenvalue weighted by Crippen LogP contribution is -2.50. The molecule has 6 heteroatoms. The number of fused-ring (bicyclic) bond motifs is 2. The average molecular weight is 384 g/mol. The second-order valence-corrected chi connectivity index (χ2v) is 7.27. The van der Waals surface area contributed by atoms with Gasteiger partial charge >= 0.3 is 0 Å². The highest BCUT2D eigenvalue weighted by atomic mass is 16.5. The SMILES string of the molecule is Cc1ccc([C@@]2(NC(=O)c3cn4ccccc4n3)CCOc3cccnc32)cc1. The number of carbonyl (C=O) groups is 1. The monoisotopic (exact) mass is 384 g/mol. The number of hydrogen-bond donors (Lipinski definition) is 1. The van der Waals surface area contributed by atoms with Crippen molar-refractivity contribution < 1.29 is 9.53 Å². The van der Waals surface area contributed by atoms with Crippen molar-refractivity contribution in [3.8, 4) is 5.75 Å². The molecule has 1 aromatic carbocycles. The second-order valence-electron chi connectivity index (χ2n) is 7.27. The lowest BCUT2D eigenvalue weighted by Gasteiger charge is -2.38. The van der Waals surface area contributed by atoms with E-state index in [1.807, 2.05) is 72.1 Å². The van der Waals surface area contributed by atoms with Crippen LogP contribution < -0.4 is 10.1 Å². The number of benzene rings is 1. The maximum Gasteiger partial charge on any atom is 0.272 e. The van der Waals surface area contributed by atoms with Crippen LogP contribution in [0.1, 0.15) is 33.7 Å². The Balaban J connectivity index is 1.61. The molecule has 1 atom stereocenters. The predicted molar refractivity (Wildman–Crippen MR) is 109 cm³/mol. The van der Waals surface area contributed by atoms with Gasteiger partial charge in [0.25, 0.3) is 5.91 Å². The lowest BCUT2D eigenvalue weighted by molar-refractivity contribution is 0.0879. The Morgan fingerprint density at radius 3 is 2.83 bits per heavy atom. The number of hydrogen-bond acceptors (Lipinski definition) is 4. The molecule has 0 fully saturated rings. The summed E-state index contributed by atoms with van der Waals surface area (Å²) in [5, 5.41) is 3.24. The molecule has 144 valence electrons. The number of aryl methyl sites for hydroxylation is 1. The van der Waals surface area contributed by atoms with E-state index < -0.39 is 5.54 Å². The zero-order valence-corrected chi connectivity index (χ0v) is 16.0. The Labute approximate surface area is 168 Å². The highest BCUT2D eigenvalue weighted by Crippen LogP contribution is 2.40. The molecular formula is C23H20N4O2.